The van der Waals surface area contributed by atoms with E-state index in [4.69, 9.17) is 4.98 Å². The van der Waals surface area contributed by atoms with E-state index in [1.54, 1.807) is 11.8 Å². The average Bonchev–Trinajstić information content (AvgIpc) is 2.32. The lowest BCUT2D eigenvalue weighted by molar-refractivity contribution is 0.196. The molecule has 0 fully saturated rings. The lowest BCUT2D eigenvalue weighted by Crippen LogP contribution is -2.20. The second-order valence-corrected chi connectivity index (χ2v) is 7.54. The van der Waals surface area contributed by atoms with Gasteiger partial charge in [-0.1, -0.05) is 27.7 Å². The molecule has 0 bridgehead atoms. The van der Waals surface area contributed by atoms with E-state index in [2.05, 4.69) is 38.0 Å². The Labute approximate surface area is 126 Å². The van der Waals surface area contributed by atoms with Gasteiger partial charge in [0.1, 0.15) is 16.7 Å². The highest BCUT2D eigenvalue weighted by Crippen LogP contribution is 2.32. The van der Waals surface area contributed by atoms with Crippen molar-refractivity contribution in [2.75, 3.05) is 11.9 Å². The van der Waals surface area contributed by atoms with Crippen LogP contribution in [0.15, 0.2) is 5.03 Å². The van der Waals surface area contributed by atoms with E-state index in [-0.39, 0.29) is 16.8 Å². The number of thioether (sulfide) groups is 1. The standard InChI is InChI=1S/C15H27N3OS/c1-8-16-12-9(2)13(20-11(4)10(3)19)18-14(17-12)15(5,6)7/h10-11,19H,8H2,1-7H3,(H,16,17,18). The largest absolute Gasteiger partial charge is 0.392 e. The van der Waals surface area contributed by atoms with Crippen LogP contribution in [0.3, 0.4) is 0 Å². The lowest BCUT2D eigenvalue weighted by Gasteiger charge is -2.22. The van der Waals surface area contributed by atoms with Gasteiger partial charge in [-0.3, -0.25) is 0 Å². The summed E-state index contributed by atoms with van der Waals surface area (Å²) in [6.45, 7) is 15.1. The molecule has 5 heteroatoms. The smallest absolute Gasteiger partial charge is 0.137 e. The molecule has 0 amide bonds. The van der Waals surface area contributed by atoms with Gasteiger partial charge >= 0.3 is 0 Å². The zero-order chi connectivity index (χ0) is 15.5. The van der Waals surface area contributed by atoms with Gasteiger partial charge in [-0.25, -0.2) is 9.97 Å². The number of aromatic nitrogens is 2. The van der Waals surface area contributed by atoms with Crippen LogP contribution in [0, 0.1) is 6.92 Å². The zero-order valence-electron chi connectivity index (χ0n) is 13.6. The highest BCUT2D eigenvalue weighted by atomic mass is 32.2. The summed E-state index contributed by atoms with van der Waals surface area (Å²) in [7, 11) is 0. The van der Waals surface area contributed by atoms with Gasteiger partial charge in [-0.2, -0.15) is 0 Å². The van der Waals surface area contributed by atoms with Crippen LogP contribution in [0.4, 0.5) is 5.82 Å². The summed E-state index contributed by atoms with van der Waals surface area (Å²) in [5.41, 5.74) is 0.957. The summed E-state index contributed by atoms with van der Waals surface area (Å²) >= 11 is 1.61. The van der Waals surface area contributed by atoms with Crippen molar-refractivity contribution in [1.29, 1.82) is 0 Å². The van der Waals surface area contributed by atoms with Gasteiger partial charge in [0, 0.05) is 22.8 Å². The van der Waals surface area contributed by atoms with Gasteiger partial charge in [0.25, 0.3) is 0 Å². The molecule has 1 heterocycles. The number of aliphatic hydroxyl groups excluding tert-OH is 1. The van der Waals surface area contributed by atoms with Crippen molar-refractivity contribution < 1.29 is 5.11 Å². The highest BCUT2D eigenvalue weighted by molar-refractivity contribution is 7.99. The molecule has 114 valence electrons. The molecule has 0 saturated heterocycles. The highest BCUT2D eigenvalue weighted by Gasteiger charge is 2.22. The summed E-state index contributed by atoms with van der Waals surface area (Å²) in [4.78, 5) is 9.36. The quantitative estimate of drug-likeness (QED) is 0.644. The Morgan fingerprint density at radius 2 is 1.85 bits per heavy atom. The van der Waals surface area contributed by atoms with Crippen LogP contribution in [0.1, 0.15) is 52.9 Å². The molecule has 0 spiro atoms. The van der Waals surface area contributed by atoms with Crippen LogP contribution in [0.25, 0.3) is 0 Å². The van der Waals surface area contributed by atoms with Crippen LogP contribution < -0.4 is 5.32 Å². The fourth-order valence-electron chi connectivity index (χ4n) is 1.56. The molecular weight excluding hydrogens is 270 g/mol. The summed E-state index contributed by atoms with van der Waals surface area (Å²) in [5, 5.41) is 14.1. The predicted molar refractivity (Wildman–Crippen MR) is 86.6 cm³/mol. The number of nitrogens with one attached hydrogen (secondary N) is 1. The van der Waals surface area contributed by atoms with E-state index in [0.29, 0.717) is 0 Å². The molecule has 1 aromatic rings. The molecule has 2 atom stereocenters. The molecule has 0 radical (unpaired) electrons. The normalized spacial score (nSPS) is 15.0. The van der Waals surface area contributed by atoms with Crippen LogP contribution in [-0.2, 0) is 5.41 Å². The SMILES string of the molecule is CCNc1nc(C(C)(C)C)nc(SC(C)C(C)O)c1C. The second-order valence-electron chi connectivity index (χ2n) is 6.17. The molecule has 0 saturated carbocycles. The Kier molecular flexibility index (Phi) is 5.83. The minimum absolute atomic E-state index is 0.0960. The molecule has 2 unspecified atom stereocenters. The Balaban J connectivity index is 3.23. The first-order valence-corrected chi connectivity index (χ1v) is 8.02. The fraction of sp³-hybridized carbons (Fsp3) is 0.733. The Morgan fingerprint density at radius 1 is 1.25 bits per heavy atom. The molecule has 0 aromatic carbocycles. The molecular formula is C15H27N3OS. The number of aliphatic hydroxyl groups is 1. The van der Waals surface area contributed by atoms with Crippen molar-refractivity contribution in [3.8, 4) is 0 Å². The molecule has 0 aliphatic heterocycles. The van der Waals surface area contributed by atoms with E-state index in [1.807, 2.05) is 20.8 Å². The summed E-state index contributed by atoms with van der Waals surface area (Å²) < 4.78 is 0. The van der Waals surface area contributed by atoms with Crippen LogP contribution in [0.5, 0.6) is 0 Å². The molecule has 0 aliphatic rings. The maximum Gasteiger partial charge on any atom is 0.137 e. The number of hydrogen-bond acceptors (Lipinski definition) is 5. The maximum absolute atomic E-state index is 9.70. The van der Waals surface area contributed by atoms with Crippen LogP contribution in [0.2, 0.25) is 0 Å². The summed E-state index contributed by atoms with van der Waals surface area (Å²) in [5.74, 6) is 1.73. The number of hydrogen-bond donors (Lipinski definition) is 2. The third-order valence-corrected chi connectivity index (χ3v) is 4.48. The molecule has 20 heavy (non-hydrogen) atoms. The average molecular weight is 297 g/mol. The summed E-state index contributed by atoms with van der Waals surface area (Å²) in [6.07, 6.45) is -0.366. The van der Waals surface area contributed by atoms with Gasteiger partial charge in [0.2, 0.25) is 0 Å². The molecule has 1 rings (SSSR count). The fourth-order valence-corrected chi connectivity index (χ4v) is 2.52. The maximum atomic E-state index is 9.70. The van der Waals surface area contributed by atoms with Crippen molar-refractivity contribution in [2.24, 2.45) is 0 Å². The third-order valence-electron chi connectivity index (χ3n) is 3.09. The third kappa shape index (κ3) is 4.35. The first-order valence-electron chi connectivity index (χ1n) is 7.14. The van der Waals surface area contributed by atoms with Gasteiger partial charge in [0.05, 0.1) is 6.10 Å². The van der Waals surface area contributed by atoms with Crippen LogP contribution in [-0.4, -0.2) is 33.0 Å². The van der Waals surface area contributed by atoms with Crippen molar-refractivity contribution in [3.63, 3.8) is 0 Å². The first kappa shape index (κ1) is 17.2. The van der Waals surface area contributed by atoms with E-state index < -0.39 is 0 Å². The molecule has 2 N–H and O–H groups in total. The predicted octanol–water partition coefficient (Wildman–Crippen LogP) is 3.38. The van der Waals surface area contributed by atoms with Crippen molar-refractivity contribution in [2.45, 2.75) is 70.3 Å². The van der Waals surface area contributed by atoms with E-state index in [9.17, 15) is 5.11 Å². The van der Waals surface area contributed by atoms with Gasteiger partial charge < -0.3 is 10.4 Å². The van der Waals surface area contributed by atoms with Crippen molar-refractivity contribution >= 4 is 17.6 Å². The first-order chi connectivity index (χ1) is 9.16. The van der Waals surface area contributed by atoms with Crippen LogP contribution >= 0.6 is 11.8 Å². The monoisotopic (exact) mass is 297 g/mol. The molecule has 0 aliphatic carbocycles. The van der Waals surface area contributed by atoms with Gasteiger partial charge in [-0.05, 0) is 20.8 Å². The van der Waals surface area contributed by atoms with E-state index >= 15 is 0 Å². The topological polar surface area (TPSA) is 58.0 Å². The second kappa shape index (κ2) is 6.76. The summed E-state index contributed by atoms with van der Waals surface area (Å²) in [6, 6.07) is 0. The van der Waals surface area contributed by atoms with Gasteiger partial charge in [-0.15, -0.1) is 11.8 Å². The van der Waals surface area contributed by atoms with Crippen molar-refractivity contribution in [1.82, 2.24) is 9.97 Å². The van der Waals surface area contributed by atoms with Gasteiger partial charge in [0.15, 0.2) is 0 Å². The van der Waals surface area contributed by atoms with Crippen molar-refractivity contribution in [3.05, 3.63) is 11.4 Å². The lowest BCUT2D eigenvalue weighted by atomic mass is 9.95. The minimum atomic E-state index is -0.366. The number of nitrogens with zero attached hydrogens (tertiary/aromatic N) is 2. The van der Waals surface area contributed by atoms with E-state index in [1.165, 1.54) is 0 Å². The Morgan fingerprint density at radius 3 is 2.30 bits per heavy atom. The molecule has 4 nitrogen and oxygen atoms in total. The number of rotatable bonds is 5. The molecule has 1 aromatic heterocycles. The zero-order valence-corrected chi connectivity index (χ0v) is 14.4. The number of anilines is 1. The Bertz CT molecular complexity index is 455. The minimum Gasteiger partial charge on any atom is -0.392 e. The van der Waals surface area contributed by atoms with E-state index in [0.717, 1.165) is 28.8 Å². The Hall–Kier alpha value is -0.810.